The number of nitrogens with zero attached hydrogens (tertiary/aromatic N) is 3. The number of hydrogen-bond donors (Lipinski definition) is 2. The normalized spacial score (nSPS) is 13.4. The summed E-state index contributed by atoms with van der Waals surface area (Å²) in [5.74, 6) is 0.574. The number of fused-ring (bicyclic) bond motifs is 1. The molecule has 0 amide bonds. The Balaban J connectivity index is 2.49. The Morgan fingerprint density at radius 3 is 3.15 bits per heavy atom. The summed E-state index contributed by atoms with van der Waals surface area (Å²) in [6, 6.07) is 1.80. The fourth-order valence-electron chi connectivity index (χ4n) is 1.13. The zero-order valence-corrected chi connectivity index (χ0v) is 6.96. The molecule has 3 N–H and O–H groups in total. The van der Waals surface area contributed by atoms with Gasteiger partial charge in [-0.2, -0.15) is 0 Å². The van der Waals surface area contributed by atoms with Gasteiger partial charge in [0, 0.05) is 25.1 Å². The van der Waals surface area contributed by atoms with Crippen LogP contribution in [0.2, 0.25) is 0 Å². The van der Waals surface area contributed by atoms with Crippen molar-refractivity contribution in [1.82, 2.24) is 14.4 Å². The highest BCUT2D eigenvalue weighted by Gasteiger charge is 2.09. The first-order valence-electron chi connectivity index (χ1n) is 3.99. The van der Waals surface area contributed by atoms with Crippen LogP contribution in [0.5, 0.6) is 0 Å². The van der Waals surface area contributed by atoms with E-state index in [0.29, 0.717) is 11.5 Å². The summed E-state index contributed by atoms with van der Waals surface area (Å²) in [7, 11) is 0. The first kappa shape index (κ1) is 8.15. The molecule has 0 radical (unpaired) electrons. The highest BCUT2D eigenvalue weighted by atomic mass is 16.3. The number of imidazole rings is 1. The number of nitrogens with two attached hydrogens (primary N) is 1. The molecule has 2 aromatic heterocycles. The molecule has 2 heterocycles. The van der Waals surface area contributed by atoms with Gasteiger partial charge in [0.1, 0.15) is 6.10 Å². The maximum atomic E-state index is 9.40. The van der Waals surface area contributed by atoms with Gasteiger partial charge in [-0.15, -0.1) is 0 Å². The molecule has 0 saturated carbocycles. The van der Waals surface area contributed by atoms with E-state index in [-0.39, 0.29) is 6.54 Å². The van der Waals surface area contributed by atoms with E-state index >= 15 is 0 Å². The molecule has 2 rings (SSSR count). The average Bonchev–Trinajstić information content (AvgIpc) is 2.59. The molecule has 13 heavy (non-hydrogen) atoms. The smallest absolute Gasteiger partial charge is 0.234 e. The third-order valence-corrected chi connectivity index (χ3v) is 1.82. The Morgan fingerprint density at radius 1 is 1.62 bits per heavy atom. The largest absolute Gasteiger partial charge is 0.385 e. The van der Waals surface area contributed by atoms with Gasteiger partial charge in [0.25, 0.3) is 0 Å². The molecular weight excluding hydrogens is 168 g/mol. The van der Waals surface area contributed by atoms with E-state index in [2.05, 4.69) is 9.97 Å². The summed E-state index contributed by atoms with van der Waals surface area (Å²) in [5, 5.41) is 9.40. The van der Waals surface area contributed by atoms with E-state index in [1.54, 1.807) is 22.9 Å². The van der Waals surface area contributed by atoms with Crippen molar-refractivity contribution in [3.63, 3.8) is 0 Å². The quantitative estimate of drug-likeness (QED) is 0.663. The van der Waals surface area contributed by atoms with E-state index < -0.39 is 6.10 Å². The molecule has 0 spiro atoms. The lowest BCUT2D eigenvalue weighted by Gasteiger charge is -2.00. The zero-order chi connectivity index (χ0) is 9.26. The lowest BCUT2D eigenvalue weighted by molar-refractivity contribution is 0.182. The van der Waals surface area contributed by atoms with Crippen LogP contribution in [-0.2, 0) is 0 Å². The first-order valence-corrected chi connectivity index (χ1v) is 3.99. The second-order valence-electron chi connectivity index (χ2n) is 2.74. The van der Waals surface area contributed by atoms with Crippen molar-refractivity contribution in [3.8, 4) is 0 Å². The zero-order valence-electron chi connectivity index (χ0n) is 6.96. The van der Waals surface area contributed by atoms with Crippen molar-refractivity contribution in [2.24, 2.45) is 5.73 Å². The SMILES string of the molecule is NCC(O)c1cn2cccnc2n1. The van der Waals surface area contributed by atoms with Gasteiger partial charge in [-0.25, -0.2) is 9.97 Å². The van der Waals surface area contributed by atoms with Gasteiger partial charge >= 0.3 is 0 Å². The van der Waals surface area contributed by atoms with Crippen molar-refractivity contribution in [2.75, 3.05) is 6.54 Å². The molecular formula is C8H10N4O. The van der Waals surface area contributed by atoms with Gasteiger partial charge in [-0.05, 0) is 6.07 Å². The summed E-state index contributed by atoms with van der Waals surface area (Å²) in [6.45, 7) is 0.171. The van der Waals surface area contributed by atoms with Crippen molar-refractivity contribution >= 4 is 5.78 Å². The van der Waals surface area contributed by atoms with Gasteiger partial charge in [-0.3, -0.25) is 4.40 Å². The fraction of sp³-hybridized carbons (Fsp3) is 0.250. The maximum Gasteiger partial charge on any atom is 0.234 e. The molecule has 5 nitrogen and oxygen atoms in total. The molecule has 1 unspecified atom stereocenters. The topological polar surface area (TPSA) is 76.4 Å². The molecule has 5 heteroatoms. The van der Waals surface area contributed by atoms with E-state index in [4.69, 9.17) is 5.73 Å². The summed E-state index contributed by atoms with van der Waals surface area (Å²) in [6.07, 6.45) is 4.49. The Kier molecular flexibility index (Phi) is 1.96. The lowest BCUT2D eigenvalue weighted by Crippen LogP contribution is -2.11. The van der Waals surface area contributed by atoms with Crippen molar-refractivity contribution in [3.05, 3.63) is 30.4 Å². The number of aliphatic hydroxyl groups is 1. The maximum absolute atomic E-state index is 9.40. The van der Waals surface area contributed by atoms with Crippen LogP contribution in [0.3, 0.4) is 0 Å². The molecule has 0 aliphatic carbocycles. The minimum absolute atomic E-state index is 0.171. The van der Waals surface area contributed by atoms with E-state index in [1.165, 1.54) is 0 Å². The van der Waals surface area contributed by atoms with Gasteiger partial charge in [0.15, 0.2) is 0 Å². The van der Waals surface area contributed by atoms with Crippen molar-refractivity contribution in [1.29, 1.82) is 0 Å². The van der Waals surface area contributed by atoms with Crippen LogP contribution in [0.25, 0.3) is 5.78 Å². The highest BCUT2D eigenvalue weighted by Crippen LogP contribution is 2.09. The molecule has 68 valence electrons. The highest BCUT2D eigenvalue weighted by molar-refractivity contribution is 5.30. The van der Waals surface area contributed by atoms with Crippen LogP contribution in [0, 0.1) is 0 Å². The van der Waals surface area contributed by atoms with Gasteiger partial charge in [0.05, 0.1) is 5.69 Å². The number of aliphatic hydroxyl groups excluding tert-OH is 1. The number of aromatic nitrogens is 3. The van der Waals surface area contributed by atoms with Crippen LogP contribution in [0.4, 0.5) is 0 Å². The van der Waals surface area contributed by atoms with Crippen LogP contribution in [-0.4, -0.2) is 26.0 Å². The Morgan fingerprint density at radius 2 is 2.46 bits per heavy atom. The molecule has 0 fully saturated rings. The fourth-order valence-corrected chi connectivity index (χ4v) is 1.13. The number of rotatable bonds is 2. The predicted octanol–water partition coefficient (Wildman–Crippen LogP) is -0.279. The third kappa shape index (κ3) is 1.39. The molecule has 1 atom stereocenters. The second-order valence-corrected chi connectivity index (χ2v) is 2.74. The van der Waals surface area contributed by atoms with Crippen LogP contribution in [0.1, 0.15) is 11.8 Å². The summed E-state index contributed by atoms with van der Waals surface area (Å²) >= 11 is 0. The average molecular weight is 178 g/mol. The van der Waals surface area contributed by atoms with Crippen LogP contribution >= 0.6 is 0 Å². The number of hydrogen-bond acceptors (Lipinski definition) is 4. The second kappa shape index (κ2) is 3.12. The molecule has 0 aliphatic heterocycles. The molecule has 0 saturated heterocycles. The predicted molar refractivity (Wildman–Crippen MR) is 47.0 cm³/mol. The van der Waals surface area contributed by atoms with E-state index in [9.17, 15) is 5.11 Å². The minimum atomic E-state index is -0.707. The molecule has 0 aromatic carbocycles. The standard InChI is InChI=1S/C8H10N4O/c9-4-7(13)6-5-12-3-1-2-10-8(12)11-6/h1-3,5,7,13H,4,9H2. The van der Waals surface area contributed by atoms with Gasteiger partial charge < -0.3 is 10.8 Å². The summed E-state index contributed by atoms with van der Waals surface area (Å²) < 4.78 is 1.74. The Bertz CT molecular complexity index is 378. The van der Waals surface area contributed by atoms with E-state index in [1.807, 2.05) is 6.20 Å². The Hall–Kier alpha value is -1.46. The third-order valence-electron chi connectivity index (χ3n) is 1.82. The summed E-state index contributed by atoms with van der Waals surface area (Å²) in [4.78, 5) is 8.12. The lowest BCUT2D eigenvalue weighted by atomic mass is 10.3. The van der Waals surface area contributed by atoms with Gasteiger partial charge in [0.2, 0.25) is 5.78 Å². The van der Waals surface area contributed by atoms with E-state index in [0.717, 1.165) is 0 Å². The van der Waals surface area contributed by atoms with Crippen LogP contribution < -0.4 is 5.73 Å². The molecule has 0 aliphatic rings. The first-order chi connectivity index (χ1) is 6.31. The monoisotopic (exact) mass is 178 g/mol. The molecule has 0 bridgehead atoms. The van der Waals surface area contributed by atoms with Crippen molar-refractivity contribution < 1.29 is 5.11 Å². The Labute approximate surface area is 74.9 Å². The minimum Gasteiger partial charge on any atom is -0.385 e. The van der Waals surface area contributed by atoms with Crippen LogP contribution in [0.15, 0.2) is 24.7 Å². The summed E-state index contributed by atoms with van der Waals surface area (Å²) in [5.41, 5.74) is 5.86. The molecule has 2 aromatic rings. The van der Waals surface area contributed by atoms with Crippen molar-refractivity contribution in [2.45, 2.75) is 6.10 Å². The van der Waals surface area contributed by atoms with Gasteiger partial charge in [-0.1, -0.05) is 0 Å².